The van der Waals surface area contributed by atoms with Crippen LogP contribution in [-0.2, 0) is 14.3 Å². The lowest BCUT2D eigenvalue weighted by Gasteiger charge is -2.22. The van der Waals surface area contributed by atoms with Crippen LogP contribution in [0.3, 0.4) is 0 Å². The first-order chi connectivity index (χ1) is 33.5. The largest absolute Gasteiger partial charge is 0.466 e. The van der Waals surface area contributed by atoms with E-state index in [-0.39, 0.29) is 18.5 Å². The summed E-state index contributed by atoms with van der Waals surface area (Å²) < 4.78 is 5.46. The van der Waals surface area contributed by atoms with Gasteiger partial charge in [-0.3, -0.25) is 9.59 Å². The highest BCUT2D eigenvalue weighted by Crippen LogP contribution is 2.18. The fraction of sp³-hybridized carbons (Fsp3) is 0.903. The van der Waals surface area contributed by atoms with E-state index in [9.17, 15) is 19.8 Å². The van der Waals surface area contributed by atoms with Crippen LogP contribution in [0.15, 0.2) is 24.3 Å². The number of nitrogens with one attached hydrogen (secondary N) is 1. The first kappa shape index (κ1) is 66.3. The van der Waals surface area contributed by atoms with Crippen LogP contribution in [0.1, 0.15) is 335 Å². The van der Waals surface area contributed by atoms with E-state index in [0.29, 0.717) is 25.9 Å². The van der Waals surface area contributed by atoms with Crippen LogP contribution in [0.4, 0.5) is 0 Å². The van der Waals surface area contributed by atoms with Gasteiger partial charge in [0.2, 0.25) is 5.91 Å². The minimum atomic E-state index is -0.684. The number of ether oxygens (including phenoxy) is 1. The summed E-state index contributed by atoms with van der Waals surface area (Å²) in [6.45, 7) is 4.90. The summed E-state index contributed by atoms with van der Waals surface area (Å²) >= 11 is 0. The monoisotopic (exact) mass is 958 g/mol. The molecule has 0 aliphatic rings. The molecule has 2 atom stereocenters. The zero-order valence-electron chi connectivity index (χ0n) is 45.9. The lowest BCUT2D eigenvalue weighted by atomic mass is 10.0. The van der Waals surface area contributed by atoms with Crippen LogP contribution in [0.5, 0.6) is 0 Å². The molecule has 68 heavy (non-hydrogen) atoms. The van der Waals surface area contributed by atoms with Crippen LogP contribution < -0.4 is 5.32 Å². The van der Waals surface area contributed by atoms with Gasteiger partial charge in [-0.15, -0.1) is 0 Å². The molecular weight excluding hydrogens is 839 g/mol. The van der Waals surface area contributed by atoms with Crippen LogP contribution >= 0.6 is 0 Å². The molecule has 0 rings (SSSR count). The van der Waals surface area contributed by atoms with Crippen LogP contribution in [-0.4, -0.2) is 47.4 Å². The smallest absolute Gasteiger partial charge is 0.305 e. The summed E-state index contributed by atoms with van der Waals surface area (Å²) in [6.07, 6.45) is 70.4. The topological polar surface area (TPSA) is 95.9 Å². The standard InChI is InChI=1S/C62H119NO5/c1-3-5-7-9-11-13-15-17-19-21-23-24-25-26-27-29-31-34-38-42-46-50-54-60(65)59(58-64)63-61(66)55-51-47-43-39-35-33-37-41-45-49-53-57-68-62(67)56-52-48-44-40-36-32-30-28-22-20-18-16-14-12-10-8-6-4-2/h20,22,37,41,59-60,64-65H,3-19,21,23-36,38-40,42-58H2,1-2H3,(H,63,66)/b22-20-,41-37-. The Hall–Kier alpha value is -1.66. The third-order valence-corrected chi connectivity index (χ3v) is 14.2. The molecule has 6 nitrogen and oxygen atoms in total. The van der Waals surface area contributed by atoms with E-state index in [4.69, 9.17) is 4.74 Å². The molecule has 6 heteroatoms. The molecule has 402 valence electrons. The van der Waals surface area contributed by atoms with Crippen molar-refractivity contribution in [3.05, 3.63) is 24.3 Å². The highest BCUT2D eigenvalue weighted by molar-refractivity contribution is 5.76. The van der Waals surface area contributed by atoms with Gasteiger partial charge < -0.3 is 20.3 Å². The van der Waals surface area contributed by atoms with Crippen molar-refractivity contribution in [1.29, 1.82) is 0 Å². The van der Waals surface area contributed by atoms with Gasteiger partial charge in [0, 0.05) is 12.8 Å². The first-order valence-corrected chi connectivity index (χ1v) is 30.6. The average molecular weight is 959 g/mol. The Morgan fingerprint density at radius 1 is 0.397 bits per heavy atom. The summed E-state index contributed by atoms with van der Waals surface area (Å²) in [5.41, 5.74) is 0. The second-order valence-electron chi connectivity index (χ2n) is 21.0. The van der Waals surface area contributed by atoms with Gasteiger partial charge in [0.1, 0.15) is 0 Å². The number of esters is 1. The Balaban J connectivity index is 3.49. The van der Waals surface area contributed by atoms with Crippen molar-refractivity contribution in [2.24, 2.45) is 0 Å². The van der Waals surface area contributed by atoms with E-state index in [2.05, 4.69) is 43.5 Å². The highest BCUT2D eigenvalue weighted by Gasteiger charge is 2.20. The van der Waals surface area contributed by atoms with Gasteiger partial charge in [0.25, 0.3) is 0 Å². The third-order valence-electron chi connectivity index (χ3n) is 14.2. The molecule has 0 heterocycles. The maximum atomic E-state index is 12.5. The number of rotatable bonds is 57. The van der Waals surface area contributed by atoms with E-state index >= 15 is 0 Å². The molecule has 0 bridgehead atoms. The second kappa shape index (κ2) is 57.9. The molecule has 0 aromatic heterocycles. The quantitative estimate of drug-likeness (QED) is 0.0321. The van der Waals surface area contributed by atoms with Crippen molar-refractivity contribution in [1.82, 2.24) is 5.32 Å². The minimum Gasteiger partial charge on any atom is -0.466 e. The maximum Gasteiger partial charge on any atom is 0.305 e. The first-order valence-electron chi connectivity index (χ1n) is 30.6. The van der Waals surface area contributed by atoms with Crippen molar-refractivity contribution in [2.45, 2.75) is 347 Å². The summed E-state index contributed by atoms with van der Waals surface area (Å²) in [4.78, 5) is 24.6. The van der Waals surface area contributed by atoms with Gasteiger partial charge in [-0.25, -0.2) is 0 Å². The Bertz CT molecular complexity index is 1060. The molecule has 0 saturated heterocycles. The Morgan fingerprint density at radius 3 is 1.04 bits per heavy atom. The van der Waals surface area contributed by atoms with Gasteiger partial charge in [-0.1, -0.05) is 269 Å². The number of hydrogen-bond acceptors (Lipinski definition) is 5. The normalized spacial score (nSPS) is 12.7. The number of aliphatic hydroxyl groups is 2. The summed E-state index contributed by atoms with van der Waals surface area (Å²) in [6, 6.07) is -0.564. The van der Waals surface area contributed by atoms with Crippen LogP contribution in [0.2, 0.25) is 0 Å². The van der Waals surface area contributed by atoms with Crippen molar-refractivity contribution >= 4 is 11.9 Å². The number of amides is 1. The zero-order valence-corrected chi connectivity index (χ0v) is 45.9. The molecule has 0 aromatic rings. The lowest BCUT2D eigenvalue weighted by Crippen LogP contribution is -2.45. The Morgan fingerprint density at radius 2 is 0.691 bits per heavy atom. The number of allylic oxidation sites excluding steroid dienone is 4. The maximum absolute atomic E-state index is 12.5. The van der Waals surface area contributed by atoms with Crippen LogP contribution in [0.25, 0.3) is 0 Å². The Labute approximate surface area is 424 Å². The molecule has 0 aliphatic carbocycles. The number of aliphatic hydroxyl groups excluding tert-OH is 2. The molecule has 1 amide bonds. The molecule has 0 saturated carbocycles. The van der Waals surface area contributed by atoms with E-state index in [0.717, 1.165) is 83.5 Å². The number of carbonyl (C=O) groups is 2. The summed E-state index contributed by atoms with van der Waals surface area (Å²) in [5, 5.41) is 23.3. The molecule has 0 aliphatic heterocycles. The van der Waals surface area contributed by atoms with Gasteiger partial charge >= 0.3 is 5.97 Å². The molecule has 0 spiro atoms. The number of unbranched alkanes of at least 4 members (excludes halogenated alkanes) is 42. The summed E-state index contributed by atoms with van der Waals surface area (Å²) in [7, 11) is 0. The Kier molecular flexibility index (Phi) is 56.5. The molecule has 3 N–H and O–H groups in total. The third kappa shape index (κ3) is 53.7. The van der Waals surface area contributed by atoms with E-state index in [1.54, 1.807) is 0 Å². The van der Waals surface area contributed by atoms with Gasteiger partial charge in [0.15, 0.2) is 0 Å². The molecule has 2 unspecified atom stereocenters. The van der Waals surface area contributed by atoms with E-state index in [1.807, 2.05) is 0 Å². The van der Waals surface area contributed by atoms with Gasteiger partial charge in [-0.2, -0.15) is 0 Å². The van der Waals surface area contributed by atoms with Gasteiger partial charge in [0.05, 0.1) is 25.4 Å². The van der Waals surface area contributed by atoms with Crippen molar-refractivity contribution < 1.29 is 24.5 Å². The second-order valence-corrected chi connectivity index (χ2v) is 21.0. The SMILES string of the molecule is CCCCCCCCC/C=C\CCCCCCCCCC(=O)OCCCC/C=C\CCCCCCCC(=O)NC(CO)C(O)CCCCCCCCCCCCCCCCCCCCCCCC. The number of hydrogen-bond donors (Lipinski definition) is 3. The van der Waals surface area contributed by atoms with E-state index < -0.39 is 12.1 Å². The fourth-order valence-corrected chi connectivity index (χ4v) is 9.51. The van der Waals surface area contributed by atoms with Crippen molar-refractivity contribution in [3.63, 3.8) is 0 Å². The molecular formula is C62H119NO5. The molecule has 0 aromatic carbocycles. The average Bonchev–Trinajstić information content (AvgIpc) is 3.34. The summed E-state index contributed by atoms with van der Waals surface area (Å²) in [5.74, 6) is -0.0941. The molecule has 0 radical (unpaired) electrons. The fourth-order valence-electron chi connectivity index (χ4n) is 9.51. The predicted octanol–water partition coefficient (Wildman–Crippen LogP) is 19.0. The van der Waals surface area contributed by atoms with Gasteiger partial charge in [-0.05, 0) is 77.0 Å². The van der Waals surface area contributed by atoms with E-state index in [1.165, 1.54) is 218 Å². The van der Waals surface area contributed by atoms with Crippen molar-refractivity contribution in [3.8, 4) is 0 Å². The minimum absolute atomic E-state index is 0.0331. The highest BCUT2D eigenvalue weighted by atomic mass is 16.5. The van der Waals surface area contributed by atoms with Crippen LogP contribution in [0, 0.1) is 0 Å². The lowest BCUT2D eigenvalue weighted by molar-refractivity contribution is -0.143. The predicted molar refractivity (Wildman–Crippen MR) is 296 cm³/mol. The number of carbonyl (C=O) groups excluding carboxylic acids is 2. The zero-order chi connectivity index (χ0) is 49.3. The van der Waals surface area contributed by atoms with Crippen molar-refractivity contribution in [2.75, 3.05) is 13.2 Å². The molecule has 0 fully saturated rings.